The second-order valence-electron chi connectivity index (χ2n) is 5.70. The number of furan rings is 1. The summed E-state index contributed by atoms with van der Waals surface area (Å²) in [6, 6.07) is 7.82. The summed E-state index contributed by atoms with van der Waals surface area (Å²) in [5.41, 5.74) is 2.99. The van der Waals surface area contributed by atoms with E-state index >= 15 is 0 Å². The molecule has 0 atom stereocenters. The Hall–Kier alpha value is -2.27. The zero-order valence-electron chi connectivity index (χ0n) is 13.5. The van der Waals surface area contributed by atoms with Crippen molar-refractivity contribution in [2.45, 2.75) is 13.8 Å². The Morgan fingerprint density at radius 3 is 2.52 bits per heavy atom. The van der Waals surface area contributed by atoms with Gasteiger partial charge in [-0.1, -0.05) is 0 Å². The first-order valence-corrected chi connectivity index (χ1v) is 7.78. The topological polar surface area (TPSA) is 51.9 Å². The number of carbonyl (C=O) groups excluding carboxylic acids is 1. The maximum absolute atomic E-state index is 12.2. The number of ether oxygens (including phenoxy) is 2. The van der Waals surface area contributed by atoms with Crippen molar-refractivity contribution >= 4 is 5.91 Å². The quantitative estimate of drug-likeness (QED) is 0.870. The highest BCUT2D eigenvalue weighted by atomic mass is 16.5. The lowest BCUT2D eigenvalue weighted by molar-refractivity contribution is -0.137. The fourth-order valence-corrected chi connectivity index (χ4v) is 2.80. The van der Waals surface area contributed by atoms with E-state index in [1.54, 1.807) is 11.2 Å². The zero-order valence-corrected chi connectivity index (χ0v) is 13.5. The number of benzene rings is 1. The molecular formula is C18H21NO4. The molecule has 0 saturated carbocycles. The molecule has 1 fully saturated rings. The molecule has 5 nitrogen and oxygen atoms in total. The number of rotatable bonds is 4. The van der Waals surface area contributed by atoms with E-state index in [1.165, 1.54) is 0 Å². The maximum atomic E-state index is 12.2. The van der Waals surface area contributed by atoms with Crippen molar-refractivity contribution in [3.8, 4) is 17.1 Å². The van der Waals surface area contributed by atoms with Gasteiger partial charge < -0.3 is 18.8 Å². The molecule has 1 aromatic carbocycles. The van der Waals surface area contributed by atoms with E-state index in [4.69, 9.17) is 13.9 Å². The monoisotopic (exact) mass is 315 g/mol. The second kappa shape index (κ2) is 6.87. The molecule has 23 heavy (non-hydrogen) atoms. The van der Waals surface area contributed by atoms with Gasteiger partial charge in [0.25, 0.3) is 5.91 Å². The van der Waals surface area contributed by atoms with Crippen LogP contribution in [0.25, 0.3) is 11.3 Å². The third-order valence-corrected chi connectivity index (χ3v) is 3.97. The number of hydrogen-bond donors (Lipinski definition) is 0. The van der Waals surface area contributed by atoms with Crippen molar-refractivity contribution in [2.75, 3.05) is 32.9 Å². The average Bonchev–Trinajstić information content (AvgIpc) is 3.09. The molecule has 0 bridgehead atoms. The molecule has 1 amide bonds. The van der Waals surface area contributed by atoms with E-state index in [-0.39, 0.29) is 12.5 Å². The standard InChI is InChI=1S/C18H21NO4/c1-13-10-15(16-4-3-7-22-16)11-14(2)18(13)23-12-17(20)19-5-8-21-9-6-19/h3-4,7,10-11H,5-6,8-9,12H2,1-2H3. The van der Waals surface area contributed by atoms with Crippen LogP contribution in [0.5, 0.6) is 5.75 Å². The number of aryl methyl sites for hydroxylation is 2. The fraction of sp³-hybridized carbons (Fsp3) is 0.389. The molecule has 1 aliphatic heterocycles. The lowest BCUT2D eigenvalue weighted by Gasteiger charge is -2.27. The smallest absolute Gasteiger partial charge is 0.260 e. The Bertz CT molecular complexity index is 649. The molecule has 1 aromatic heterocycles. The highest BCUT2D eigenvalue weighted by Gasteiger charge is 2.18. The third kappa shape index (κ3) is 3.56. The van der Waals surface area contributed by atoms with Gasteiger partial charge in [0.15, 0.2) is 6.61 Å². The first-order valence-electron chi connectivity index (χ1n) is 7.78. The van der Waals surface area contributed by atoms with Gasteiger partial charge in [0.2, 0.25) is 0 Å². The van der Waals surface area contributed by atoms with Gasteiger partial charge in [0, 0.05) is 18.7 Å². The SMILES string of the molecule is Cc1cc(-c2ccco2)cc(C)c1OCC(=O)N1CCOCC1. The normalized spacial score (nSPS) is 14.8. The highest BCUT2D eigenvalue weighted by Crippen LogP contribution is 2.30. The average molecular weight is 315 g/mol. The molecule has 3 rings (SSSR count). The first-order chi connectivity index (χ1) is 11.1. The van der Waals surface area contributed by atoms with Crippen molar-refractivity contribution in [1.29, 1.82) is 0 Å². The van der Waals surface area contributed by atoms with Gasteiger partial charge in [-0.05, 0) is 49.2 Å². The molecule has 0 unspecified atom stereocenters. The Kier molecular flexibility index (Phi) is 4.67. The van der Waals surface area contributed by atoms with Crippen molar-refractivity contribution in [2.24, 2.45) is 0 Å². The van der Waals surface area contributed by atoms with E-state index in [9.17, 15) is 4.79 Å². The van der Waals surface area contributed by atoms with Crippen LogP contribution in [0.4, 0.5) is 0 Å². The summed E-state index contributed by atoms with van der Waals surface area (Å²) < 4.78 is 16.5. The van der Waals surface area contributed by atoms with Crippen LogP contribution in [0.1, 0.15) is 11.1 Å². The van der Waals surface area contributed by atoms with Crippen molar-refractivity contribution in [3.63, 3.8) is 0 Å². The predicted molar refractivity (Wildman–Crippen MR) is 86.5 cm³/mol. The number of carbonyl (C=O) groups is 1. The maximum Gasteiger partial charge on any atom is 0.260 e. The number of hydrogen-bond acceptors (Lipinski definition) is 4. The van der Waals surface area contributed by atoms with Crippen LogP contribution in [-0.4, -0.2) is 43.7 Å². The largest absolute Gasteiger partial charge is 0.483 e. The van der Waals surface area contributed by atoms with Gasteiger partial charge in [-0.2, -0.15) is 0 Å². The summed E-state index contributed by atoms with van der Waals surface area (Å²) in [5, 5.41) is 0. The molecule has 1 saturated heterocycles. The molecule has 5 heteroatoms. The molecule has 1 aliphatic rings. The van der Waals surface area contributed by atoms with Gasteiger partial charge in [0.05, 0.1) is 19.5 Å². The molecule has 2 aromatic rings. The second-order valence-corrected chi connectivity index (χ2v) is 5.70. The van der Waals surface area contributed by atoms with Crippen molar-refractivity contribution in [3.05, 3.63) is 41.7 Å². The van der Waals surface area contributed by atoms with Crippen LogP contribution in [0.15, 0.2) is 34.9 Å². The third-order valence-electron chi connectivity index (χ3n) is 3.97. The Labute approximate surface area is 135 Å². The lowest BCUT2D eigenvalue weighted by Crippen LogP contribution is -2.43. The van der Waals surface area contributed by atoms with E-state index in [2.05, 4.69) is 0 Å². The Balaban J connectivity index is 1.69. The molecule has 122 valence electrons. The summed E-state index contributed by atoms with van der Waals surface area (Å²) in [4.78, 5) is 14.0. The lowest BCUT2D eigenvalue weighted by atomic mass is 10.0. The van der Waals surface area contributed by atoms with Crippen LogP contribution in [0, 0.1) is 13.8 Å². The number of nitrogens with zero attached hydrogens (tertiary/aromatic N) is 1. The van der Waals surface area contributed by atoms with E-state index in [0.717, 1.165) is 28.2 Å². The minimum absolute atomic E-state index is 0.00205. The van der Waals surface area contributed by atoms with Crippen molar-refractivity contribution in [1.82, 2.24) is 4.90 Å². The highest BCUT2D eigenvalue weighted by molar-refractivity contribution is 5.78. The van der Waals surface area contributed by atoms with Gasteiger partial charge in [-0.3, -0.25) is 4.79 Å². The molecular weight excluding hydrogens is 294 g/mol. The number of morpholine rings is 1. The van der Waals surface area contributed by atoms with Gasteiger partial charge in [-0.25, -0.2) is 0 Å². The van der Waals surface area contributed by atoms with Crippen LogP contribution in [0.2, 0.25) is 0 Å². The van der Waals surface area contributed by atoms with Gasteiger partial charge in [-0.15, -0.1) is 0 Å². The van der Waals surface area contributed by atoms with Crippen molar-refractivity contribution < 1.29 is 18.7 Å². The summed E-state index contributed by atoms with van der Waals surface area (Å²) in [5.74, 6) is 1.59. The van der Waals surface area contributed by atoms with Crippen LogP contribution >= 0.6 is 0 Å². The minimum atomic E-state index is 0.00205. The van der Waals surface area contributed by atoms with Crippen LogP contribution in [0.3, 0.4) is 0 Å². The molecule has 2 heterocycles. The molecule has 0 spiro atoms. The van der Waals surface area contributed by atoms with E-state index in [1.807, 2.05) is 38.1 Å². The minimum Gasteiger partial charge on any atom is -0.483 e. The van der Waals surface area contributed by atoms with E-state index in [0.29, 0.717) is 26.3 Å². The first kappa shape index (κ1) is 15.6. The fourth-order valence-electron chi connectivity index (χ4n) is 2.80. The van der Waals surface area contributed by atoms with Gasteiger partial charge in [0.1, 0.15) is 11.5 Å². The summed E-state index contributed by atoms with van der Waals surface area (Å²) in [6.45, 7) is 6.49. The Morgan fingerprint density at radius 1 is 1.22 bits per heavy atom. The Morgan fingerprint density at radius 2 is 1.91 bits per heavy atom. The molecule has 0 radical (unpaired) electrons. The summed E-state index contributed by atoms with van der Waals surface area (Å²) >= 11 is 0. The van der Waals surface area contributed by atoms with Crippen LogP contribution < -0.4 is 4.74 Å². The zero-order chi connectivity index (χ0) is 16.2. The number of amides is 1. The summed E-state index contributed by atoms with van der Waals surface area (Å²) in [7, 11) is 0. The molecule has 0 aliphatic carbocycles. The van der Waals surface area contributed by atoms with Gasteiger partial charge >= 0.3 is 0 Å². The van der Waals surface area contributed by atoms with Crippen LogP contribution in [-0.2, 0) is 9.53 Å². The predicted octanol–water partition coefficient (Wildman–Crippen LogP) is 2.80. The molecule has 0 N–H and O–H groups in total. The van der Waals surface area contributed by atoms with E-state index < -0.39 is 0 Å². The summed E-state index contributed by atoms with van der Waals surface area (Å²) in [6.07, 6.45) is 1.66.